The molecule has 0 unspecified atom stereocenters. The molecule has 0 bridgehead atoms. The lowest BCUT2D eigenvalue weighted by Gasteiger charge is -2.34. The van der Waals surface area contributed by atoms with Gasteiger partial charge in [-0.05, 0) is 57.0 Å². The third kappa shape index (κ3) is 3.60. The van der Waals surface area contributed by atoms with Crippen molar-refractivity contribution in [1.29, 1.82) is 0 Å². The molecule has 22 heavy (non-hydrogen) atoms. The minimum absolute atomic E-state index is 0. The van der Waals surface area contributed by atoms with Gasteiger partial charge in [0.1, 0.15) is 0 Å². The van der Waals surface area contributed by atoms with Gasteiger partial charge >= 0.3 is 0 Å². The number of hydrogen-bond donors (Lipinski definition) is 1. The van der Waals surface area contributed by atoms with Crippen molar-refractivity contribution >= 4 is 18.3 Å². The molecule has 1 saturated carbocycles. The van der Waals surface area contributed by atoms with E-state index in [2.05, 4.69) is 10.2 Å². The van der Waals surface area contributed by atoms with Crippen LogP contribution in [0.3, 0.4) is 0 Å². The van der Waals surface area contributed by atoms with Crippen molar-refractivity contribution in [1.82, 2.24) is 10.2 Å². The summed E-state index contributed by atoms with van der Waals surface area (Å²) in [6.07, 6.45) is 7.83. The Morgan fingerprint density at radius 2 is 1.77 bits per heavy atom. The molecule has 1 amide bonds. The van der Waals surface area contributed by atoms with E-state index >= 15 is 0 Å². The average Bonchev–Trinajstić information content (AvgIpc) is 3.11. The van der Waals surface area contributed by atoms with Crippen molar-refractivity contribution in [3.05, 3.63) is 0 Å². The van der Waals surface area contributed by atoms with Gasteiger partial charge in [0.15, 0.2) is 0 Å². The Hall–Kier alpha value is -0.320. The Bertz CT molecular complexity index is 358. The summed E-state index contributed by atoms with van der Waals surface area (Å²) in [4.78, 5) is 15.3. The zero-order valence-corrected chi connectivity index (χ0v) is 14.6. The number of fused-ring (bicyclic) bond motifs is 1. The van der Waals surface area contributed by atoms with Crippen molar-refractivity contribution in [3.63, 3.8) is 0 Å². The number of nitrogens with one attached hydrogen (secondary N) is 1. The summed E-state index contributed by atoms with van der Waals surface area (Å²) in [6.45, 7) is 4.96. The number of carbonyl (C=O) groups is 1. The van der Waals surface area contributed by atoms with Gasteiger partial charge in [-0.15, -0.1) is 12.4 Å². The highest BCUT2D eigenvalue weighted by molar-refractivity contribution is 5.85. The van der Waals surface area contributed by atoms with Crippen LogP contribution in [0, 0.1) is 17.3 Å². The van der Waals surface area contributed by atoms with E-state index in [-0.39, 0.29) is 17.8 Å². The highest BCUT2D eigenvalue weighted by atomic mass is 35.5. The van der Waals surface area contributed by atoms with Gasteiger partial charge in [0.2, 0.25) is 5.91 Å². The molecule has 0 aromatic heterocycles. The lowest BCUT2D eigenvalue weighted by atomic mass is 9.81. The zero-order valence-electron chi connectivity index (χ0n) is 13.8. The minimum Gasteiger partial charge on any atom is -0.385 e. The minimum atomic E-state index is -0.103. The van der Waals surface area contributed by atoms with E-state index in [1.807, 2.05) is 0 Å². The molecule has 1 N–H and O–H groups in total. The number of hydrogen-bond acceptors (Lipinski definition) is 3. The van der Waals surface area contributed by atoms with Crippen molar-refractivity contribution in [2.24, 2.45) is 17.3 Å². The van der Waals surface area contributed by atoms with Crippen LogP contribution in [0.25, 0.3) is 0 Å². The summed E-state index contributed by atoms with van der Waals surface area (Å²) in [5, 5.41) is 3.51. The second-order valence-corrected chi connectivity index (χ2v) is 7.28. The lowest BCUT2D eigenvalue weighted by Crippen LogP contribution is -2.44. The molecule has 0 aromatic carbocycles. The van der Waals surface area contributed by atoms with Crippen LogP contribution < -0.4 is 5.32 Å². The third-order valence-electron chi connectivity index (χ3n) is 6.11. The van der Waals surface area contributed by atoms with Crippen molar-refractivity contribution in [2.75, 3.05) is 39.9 Å². The smallest absolute Gasteiger partial charge is 0.228 e. The van der Waals surface area contributed by atoms with Crippen LogP contribution in [0.4, 0.5) is 0 Å². The van der Waals surface area contributed by atoms with Crippen molar-refractivity contribution < 1.29 is 9.53 Å². The highest BCUT2D eigenvalue weighted by Crippen LogP contribution is 2.43. The zero-order chi connectivity index (χ0) is 14.7. The molecular weight excluding hydrogens is 300 g/mol. The normalized spacial score (nSPS) is 30.5. The van der Waals surface area contributed by atoms with Crippen LogP contribution in [0.1, 0.15) is 44.9 Å². The van der Waals surface area contributed by atoms with E-state index < -0.39 is 0 Å². The SMILES string of the molecule is COCCC1(C(=O)N2CC[C@@H]3CNC[C@@H]3CC2)CCCC1.Cl. The number of likely N-dealkylation sites (tertiary alicyclic amines) is 1. The van der Waals surface area contributed by atoms with Gasteiger partial charge in [0, 0.05) is 26.8 Å². The predicted octanol–water partition coefficient (Wildman–Crippen LogP) is 2.46. The number of halogens is 1. The molecule has 4 nitrogen and oxygen atoms in total. The Morgan fingerprint density at radius 1 is 1.18 bits per heavy atom. The number of methoxy groups -OCH3 is 1. The number of rotatable bonds is 4. The number of ether oxygens (including phenoxy) is 1. The molecule has 128 valence electrons. The molecule has 2 aliphatic heterocycles. The largest absolute Gasteiger partial charge is 0.385 e. The van der Waals surface area contributed by atoms with Crippen LogP contribution >= 0.6 is 12.4 Å². The molecule has 2 heterocycles. The summed E-state index contributed by atoms with van der Waals surface area (Å²) in [5.74, 6) is 2.02. The van der Waals surface area contributed by atoms with Gasteiger partial charge < -0.3 is 15.0 Å². The molecule has 3 aliphatic rings. The molecule has 3 rings (SSSR count). The van der Waals surface area contributed by atoms with Crippen LogP contribution in [-0.2, 0) is 9.53 Å². The van der Waals surface area contributed by atoms with Gasteiger partial charge in [-0.2, -0.15) is 0 Å². The summed E-state index contributed by atoms with van der Waals surface area (Å²) >= 11 is 0. The monoisotopic (exact) mass is 330 g/mol. The van der Waals surface area contributed by atoms with Gasteiger partial charge in [0.25, 0.3) is 0 Å². The van der Waals surface area contributed by atoms with Gasteiger partial charge in [-0.3, -0.25) is 4.79 Å². The fourth-order valence-corrected chi connectivity index (χ4v) is 4.68. The van der Waals surface area contributed by atoms with Gasteiger partial charge in [-0.25, -0.2) is 0 Å². The Morgan fingerprint density at radius 3 is 2.32 bits per heavy atom. The van der Waals surface area contributed by atoms with E-state index in [1.54, 1.807) is 7.11 Å². The van der Waals surface area contributed by atoms with E-state index in [4.69, 9.17) is 4.74 Å². The molecule has 2 saturated heterocycles. The van der Waals surface area contributed by atoms with Crippen LogP contribution in [0.5, 0.6) is 0 Å². The Balaban J connectivity index is 0.00000176. The summed E-state index contributed by atoms with van der Waals surface area (Å²) < 4.78 is 5.27. The second-order valence-electron chi connectivity index (χ2n) is 7.28. The summed E-state index contributed by atoms with van der Waals surface area (Å²) in [5.41, 5.74) is -0.103. The Labute approximate surface area is 140 Å². The maximum Gasteiger partial charge on any atom is 0.228 e. The number of amides is 1. The first kappa shape index (κ1) is 18.0. The molecule has 3 fully saturated rings. The van der Waals surface area contributed by atoms with Crippen molar-refractivity contribution in [2.45, 2.75) is 44.9 Å². The molecular formula is C17H31ClN2O2. The topological polar surface area (TPSA) is 41.6 Å². The lowest BCUT2D eigenvalue weighted by molar-refractivity contribution is -0.143. The summed E-state index contributed by atoms with van der Waals surface area (Å²) in [6, 6.07) is 0. The molecule has 2 atom stereocenters. The first-order valence-corrected chi connectivity index (χ1v) is 8.74. The van der Waals surface area contributed by atoms with E-state index in [1.165, 1.54) is 25.7 Å². The first-order chi connectivity index (χ1) is 10.2. The van der Waals surface area contributed by atoms with Gasteiger partial charge in [0.05, 0.1) is 5.41 Å². The molecule has 1 aliphatic carbocycles. The van der Waals surface area contributed by atoms with Crippen LogP contribution in [-0.4, -0.2) is 50.7 Å². The van der Waals surface area contributed by atoms with Crippen LogP contribution in [0.2, 0.25) is 0 Å². The summed E-state index contributed by atoms with van der Waals surface area (Å²) in [7, 11) is 1.74. The van der Waals surface area contributed by atoms with E-state index in [0.717, 1.165) is 63.9 Å². The fraction of sp³-hybridized carbons (Fsp3) is 0.941. The quantitative estimate of drug-likeness (QED) is 0.861. The number of nitrogens with zero attached hydrogens (tertiary/aromatic N) is 1. The van der Waals surface area contributed by atoms with E-state index in [9.17, 15) is 4.79 Å². The van der Waals surface area contributed by atoms with Gasteiger partial charge in [-0.1, -0.05) is 12.8 Å². The third-order valence-corrected chi connectivity index (χ3v) is 6.11. The second kappa shape index (κ2) is 7.98. The predicted molar refractivity (Wildman–Crippen MR) is 90.3 cm³/mol. The van der Waals surface area contributed by atoms with Crippen LogP contribution in [0.15, 0.2) is 0 Å². The molecule has 0 spiro atoms. The van der Waals surface area contributed by atoms with E-state index in [0.29, 0.717) is 5.91 Å². The van der Waals surface area contributed by atoms with Crippen molar-refractivity contribution in [3.8, 4) is 0 Å². The standard InChI is InChI=1S/C17H30N2O2.ClH/c1-21-11-8-17(6-2-3-7-17)16(20)19-9-4-14-12-18-13-15(14)5-10-19;/h14-15,18H,2-13H2,1H3;1H/t14-,15+;. The first-order valence-electron chi connectivity index (χ1n) is 8.74. The maximum absolute atomic E-state index is 13.2. The highest BCUT2D eigenvalue weighted by Gasteiger charge is 2.44. The molecule has 0 radical (unpaired) electrons. The number of carbonyl (C=O) groups excluding carboxylic acids is 1. The Kier molecular flexibility index (Phi) is 6.54. The molecule has 0 aromatic rings. The average molecular weight is 331 g/mol. The fourth-order valence-electron chi connectivity index (χ4n) is 4.68. The molecule has 5 heteroatoms. The maximum atomic E-state index is 13.2.